The van der Waals surface area contributed by atoms with Gasteiger partial charge >= 0.3 is 12.1 Å². The van der Waals surface area contributed by atoms with Crippen LogP contribution in [0.25, 0.3) is 11.0 Å². The van der Waals surface area contributed by atoms with Crippen molar-refractivity contribution in [2.45, 2.75) is 6.18 Å². The third-order valence-electron chi connectivity index (χ3n) is 4.49. The lowest BCUT2D eigenvalue weighted by Gasteiger charge is -2.14. The van der Waals surface area contributed by atoms with E-state index in [4.69, 9.17) is 18.6 Å². The predicted octanol–water partition coefficient (Wildman–Crippen LogP) is 5.23. The van der Waals surface area contributed by atoms with Gasteiger partial charge in [0.25, 0.3) is 5.76 Å². The van der Waals surface area contributed by atoms with Crippen LogP contribution < -0.4 is 19.6 Å². The highest BCUT2D eigenvalue weighted by Crippen LogP contribution is 2.38. The summed E-state index contributed by atoms with van der Waals surface area (Å²) in [5, 5.41) is -0.185. The van der Waals surface area contributed by atoms with E-state index in [1.165, 1.54) is 68.0 Å². The number of hydrogen-bond acceptors (Lipinski definition) is 7. The Hall–Kier alpha value is -4.34. The molecular formula is C23H14F3NO6. The van der Waals surface area contributed by atoms with Crippen molar-refractivity contribution in [2.75, 3.05) is 7.11 Å². The summed E-state index contributed by atoms with van der Waals surface area (Å²) >= 11 is 0. The maximum absolute atomic E-state index is 13.7. The zero-order valence-electron chi connectivity index (χ0n) is 16.9. The maximum atomic E-state index is 13.7. The van der Waals surface area contributed by atoms with Gasteiger partial charge in [-0.1, -0.05) is 0 Å². The van der Waals surface area contributed by atoms with E-state index in [0.717, 1.165) is 6.07 Å². The molecule has 2 aromatic carbocycles. The molecule has 0 amide bonds. The Bertz CT molecular complexity index is 1370. The minimum absolute atomic E-state index is 0.0177. The van der Waals surface area contributed by atoms with Crippen molar-refractivity contribution in [3.63, 3.8) is 0 Å². The fourth-order valence-corrected chi connectivity index (χ4v) is 2.91. The first-order valence-corrected chi connectivity index (χ1v) is 9.38. The number of rotatable bonds is 5. The molecule has 0 aliphatic carbocycles. The zero-order chi connectivity index (χ0) is 23.6. The quantitative estimate of drug-likeness (QED) is 0.300. The Morgan fingerprint density at radius 3 is 2.21 bits per heavy atom. The number of aromatic nitrogens is 1. The van der Waals surface area contributed by atoms with Crippen LogP contribution in [0.1, 0.15) is 16.1 Å². The average Bonchev–Trinajstić information content (AvgIpc) is 2.81. The van der Waals surface area contributed by atoms with Crippen molar-refractivity contribution in [3.8, 4) is 23.0 Å². The van der Waals surface area contributed by atoms with Crippen LogP contribution >= 0.6 is 0 Å². The molecular weight excluding hydrogens is 443 g/mol. The molecule has 0 N–H and O–H groups in total. The summed E-state index contributed by atoms with van der Waals surface area (Å²) in [4.78, 5) is 28.8. The van der Waals surface area contributed by atoms with Crippen molar-refractivity contribution in [2.24, 2.45) is 0 Å². The van der Waals surface area contributed by atoms with E-state index < -0.39 is 34.7 Å². The van der Waals surface area contributed by atoms with Crippen LogP contribution in [0.5, 0.6) is 23.0 Å². The second-order valence-electron chi connectivity index (χ2n) is 6.65. The van der Waals surface area contributed by atoms with Gasteiger partial charge < -0.3 is 18.6 Å². The molecule has 0 fully saturated rings. The normalized spacial score (nSPS) is 11.3. The molecule has 0 bridgehead atoms. The van der Waals surface area contributed by atoms with Crippen molar-refractivity contribution < 1.29 is 36.6 Å². The Morgan fingerprint density at radius 1 is 0.939 bits per heavy atom. The van der Waals surface area contributed by atoms with Crippen LogP contribution in [0, 0.1) is 0 Å². The number of carbonyl (C=O) groups excluding carboxylic acids is 1. The SMILES string of the molecule is COc1ccc(Oc2c(C(F)(F)F)oc3cc(OC(=O)c4ccncc4)ccc3c2=O)cc1. The molecule has 0 radical (unpaired) electrons. The van der Waals surface area contributed by atoms with Gasteiger partial charge in [-0.05, 0) is 48.5 Å². The highest BCUT2D eigenvalue weighted by molar-refractivity contribution is 5.91. The van der Waals surface area contributed by atoms with Gasteiger partial charge in [-0.3, -0.25) is 9.78 Å². The summed E-state index contributed by atoms with van der Waals surface area (Å²) in [5.41, 5.74) is -1.27. The van der Waals surface area contributed by atoms with E-state index in [1.54, 1.807) is 0 Å². The molecule has 0 saturated carbocycles. The Balaban J connectivity index is 1.74. The van der Waals surface area contributed by atoms with Gasteiger partial charge in [0.15, 0.2) is 0 Å². The highest BCUT2D eigenvalue weighted by atomic mass is 19.4. The Kier molecular flexibility index (Phi) is 5.74. The number of halogens is 3. The largest absolute Gasteiger partial charge is 0.497 e. The average molecular weight is 457 g/mol. The Morgan fingerprint density at radius 2 is 1.58 bits per heavy atom. The molecule has 10 heteroatoms. The highest BCUT2D eigenvalue weighted by Gasteiger charge is 2.40. The van der Waals surface area contributed by atoms with Gasteiger partial charge in [-0.15, -0.1) is 0 Å². The predicted molar refractivity (Wildman–Crippen MR) is 110 cm³/mol. The van der Waals surface area contributed by atoms with Crippen molar-refractivity contribution >= 4 is 16.9 Å². The summed E-state index contributed by atoms with van der Waals surface area (Å²) in [7, 11) is 1.43. The molecule has 33 heavy (non-hydrogen) atoms. The smallest absolute Gasteiger partial charge is 0.453 e. The molecule has 168 valence electrons. The molecule has 0 unspecified atom stereocenters. The van der Waals surface area contributed by atoms with Crippen LogP contribution in [0.4, 0.5) is 13.2 Å². The summed E-state index contributed by atoms with van der Waals surface area (Å²) in [6.07, 6.45) is -2.26. The summed E-state index contributed by atoms with van der Waals surface area (Å²) in [6, 6.07) is 11.9. The van der Waals surface area contributed by atoms with Gasteiger partial charge in [0, 0.05) is 18.5 Å². The van der Waals surface area contributed by atoms with Crippen molar-refractivity contribution in [1.29, 1.82) is 0 Å². The second kappa shape index (κ2) is 8.65. The number of pyridine rings is 1. The number of nitrogens with zero attached hydrogens (tertiary/aromatic N) is 1. The van der Waals surface area contributed by atoms with E-state index >= 15 is 0 Å². The fraction of sp³-hybridized carbons (Fsp3) is 0.0870. The lowest BCUT2D eigenvalue weighted by molar-refractivity contribution is -0.154. The van der Waals surface area contributed by atoms with E-state index in [1.807, 2.05) is 0 Å². The van der Waals surface area contributed by atoms with Crippen molar-refractivity contribution in [3.05, 3.63) is 88.5 Å². The topological polar surface area (TPSA) is 87.9 Å². The minimum atomic E-state index is -5.03. The number of methoxy groups -OCH3 is 1. The molecule has 0 aliphatic rings. The van der Waals surface area contributed by atoms with E-state index in [2.05, 4.69) is 4.98 Å². The third kappa shape index (κ3) is 4.64. The van der Waals surface area contributed by atoms with E-state index in [9.17, 15) is 22.8 Å². The molecule has 4 rings (SSSR count). The molecule has 0 spiro atoms. The Labute approximate surface area is 184 Å². The monoisotopic (exact) mass is 457 g/mol. The molecule has 2 aromatic heterocycles. The molecule has 7 nitrogen and oxygen atoms in total. The van der Waals surface area contributed by atoms with Crippen LogP contribution in [0.2, 0.25) is 0 Å². The number of ether oxygens (including phenoxy) is 3. The molecule has 0 saturated heterocycles. The molecule has 0 aliphatic heterocycles. The van der Waals surface area contributed by atoms with Crippen LogP contribution in [-0.4, -0.2) is 18.1 Å². The number of fused-ring (bicyclic) bond motifs is 1. The van der Waals surface area contributed by atoms with Gasteiger partial charge in [0.1, 0.15) is 22.8 Å². The second-order valence-corrected chi connectivity index (χ2v) is 6.65. The lowest BCUT2D eigenvalue weighted by Crippen LogP contribution is -2.15. The number of benzene rings is 2. The third-order valence-corrected chi connectivity index (χ3v) is 4.49. The minimum Gasteiger partial charge on any atom is -0.497 e. The summed E-state index contributed by atoms with van der Waals surface area (Å²) in [5.74, 6) is -3.05. The molecule has 0 atom stereocenters. The van der Waals surface area contributed by atoms with Gasteiger partial charge in [0.2, 0.25) is 11.2 Å². The van der Waals surface area contributed by atoms with Crippen LogP contribution in [0.15, 0.2) is 76.2 Å². The zero-order valence-corrected chi connectivity index (χ0v) is 16.9. The first kappa shape index (κ1) is 21.9. The number of esters is 1. The van der Waals surface area contributed by atoms with Gasteiger partial charge in [-0.2, -0.15) is 13.2 Å². The van der Waals surface area contributed by atoms with Crippen molar-refractivity contribution in [1.82, 2.24) is 4.98 Å². The summed E-state index contributed by atoms with van der Waals surface area (Å²) in [6.45, 7) is 0. The number of carbonyl (C=O) groups is 1. The van der Waals surface area contributed by atoms with Crippen LogP contribution in [-0.2, 0) is 6.18 Å². The number of hydrogen-bond donors (Lipinski definition) is 0. The van der Waals surface area contributed by atoms with E-state index in [-0.39, 0.29) is 22.4 Å². The van der Waals surface area contributed by atoms with Crippen LogP contribution in [0.3, 0.4) is 0 Å². The van der Waals surface area contributed by atoms with E-state index in [0.29, 0.717) is 5.75 Å². The summed E-state index contributed by atoms with van der Waals surface area (Å²) < 4.78 is 61.5. The number of alkyl halides is 3. The first-order valence-electron chi connectivity index (χ1n) is 9.38. The fourth-order valence-electron chi connectivity index (χ4n) is 2.91. The standard InChI is InChI=1S/C23H14F3NO6/c1-30-14-2-4-15(5-3-14)31-20-19(28)17-7-6-16(12-18(17)33-21(20)23(24,25)26)32-22(29)13-8-10-27-11-9-13/h2-12H,1H3. The van der Waals surface area contributed by atoms with Gasteiger partial charge in [0.05, 0.1) is 18.1 Å². The maximum Gasteiger partial charge on any atom is 0.453 e. The molecule has 2 heterocycles. The first-order chi connectivity index (χ1) is 15.8. The van der Waals surface area contributed by atoms with Gasteiger partial charge in [-0.25, -0.2) is 4.79 Å². The molecule has 4 aromatic rings. The lowest BCUT2D eigenvalue weighted by atomic mass is 10.2.